The summed E-state index contributed by atoms with van der Waals surface area (Å²) >= 11 is 2.76. The summed E-state index contributed by atoms with van der Waals surface area (Å²) in [6, 6.07) is 12.7. The number of hydrogen-bond acceptors (Lipinski definition) is 10. The molecule has 34 heavy (non-hydrogen) atoms. The highest BCUT2D eigenvalue weighted by Crippen LogP contribution is 2.36. The number of amides is 1. The second-order valence-corrected chi connectivity index (χ2v) is 9.10. The van der Waals surface area contributed by atoms with Crippen LogP contribution in [0.5, 0.6) is 11.5 Å². The Morgan fingerprint density at radius 3 is 2.79 bits per heavy atom. The summed E-state index contributed by atoms with van der Waals surface area (Å²) in [7, 11) is 3.13. The summed E-state index contributed by atoms with van der Waals surface area (Å²) in [6.07, 6.45) is 2.19. The van der Waals surface area contributed by atoms with E-state index in [1.807, 2.05) is 29.6 Å². The number of carbonyl (C=O) groups excluding carboxylic acids is 1. The fourth-order valence-electron chi connectivity index (χ4n) is 3.58. The molecule has 4 heterocycles. The van der Waals surface area contributed by atoms with Crippen LogP contribution in [0.25, 0.3) is 11.5 Å². The fraction of sp³-hybridized carbons (Fsp3) is 0.217. The molecule has 11 heteroatoms. The Balaban J connectivity index is 1.29. The zero-order valence-electron chi connectivity index (χ0n) is 18.3. The number of carbonyl (C=O) groups is 1. The first-order valence-electron chi connectivity index (χ1n) is 10.3. The topological polar surface area (TPSA) is 103 Å². The minimum absolute atomic E-state index is 0.0893. The maximum Gasteiger partial charge on any atom is 0.277 e. The number of aromatic nitrogens is 2. The van der Waals surface area contributed by atoms with Crippen LogP contribution in [0.15, 0.2) is 73.3 Å². The predicted octanol–water partition coefficient (Wildman–Crippen LogP) is 4.88. The van der Waals surface area contributed by atoms with Crippen LogP contribution in [-0.2, 0) is 4.79 Å². The van der Waals surface area contributed by atoms with Crippen molar-refractivity contribution in [1.82, 2.24) is 15.2 Å². The normalized spacial score (nSPS) is 15.4. The largest absolute Gasteiger partial charge is 0.493 e. The summed E-state index contributed by atoms with van der Waals surface area (Å²) in [5, 5.41) is 16.5. The van der Waals surface area contributed by atoms with Gasteiger partial charge < -0.3 is 18.3 Å². The third-order valence-corrected chi connectivity index (χ3v) is 6.92. The molecule has 5 rings (SSSR count). The zero-order chi connectivity index (χ0) is 23.5. The van der Waals surface area contributed by atoms with Crippen LogP contribution >= 0.6 is 23.1 Å². The third kappa shape index (κ3) is 4.44. The average molecular weight is 497 g/mol. The summed E-state index contributed by atoms with van der Waals surface area (Å²) in [4.78, 5) is 14.1. The van der Waals surface area contributed by atoms with E-state index < -0.39 is 0 Å². The van der Waals surface area contributed by atoms with Crippen LogP contribution < -0.4 is 9.47 Å². The van der Waals surface area contributed by atoms with Gasteiger partial charge in [-0.05, 0) is 41.8 Å². The Hall–Kier alpha value is -3.57. The molecule has 1 amide bonds. The molecule has 0 radical (unpaired) electrons. The van der Waals surface area contributed by atoms with E-state index in [9.17, 15) is 4.79 Å². The van der Waals surface area contributed by atoms with E-state index in [0.717, 1.165) is 22.4 Å². The van der Waals surface area contributed by atoms with Gasteiger partial charge in [-0.25, -0.2) is 5.01 Å². The maximum atomic E-state index is 13.1. The smallest absolute Gasteiger partial charge is 0.277 e. The number of benzene rings is 1. The van der Waals surface area contributed by atoms with Gasteiger partial charge in [0.1, 0.15) is 11.8 Å². The van der Waals surface area contributed by atoms with Crippen LogP contribution in [0.3, 0.4) is 0 Å². The van der Waals surface area contributed by atoms with Crippen LogP contribution in [0.2, 0.25) is 0 Å². The molecular weight excluding hydrogens is 476 g/mol. The number of ether oxygens (including phenoxy) is 2. The summed E-state index contributed by atoms with van der Waals surface area (Å²) in [6.45, 7) is 0. The molecule has 0 saturated heterocycles. The molecule has 0 spiro atoms. The Morgan fingerprint density at radius 1 is 1.18 bits per heavy atom. The number of thioether (sulfide) groups is 1. The molecule has 0 aliphatic carbocycles. The molecule has 3 aromatic heterocycles. The monoisotopic (exact) mass is 496 g/mol. The quantitative estimate of drug-likeness (QED) is 0.318. The van der Waals surface area contributed by atoms with Gasteiger partial charge in [0.25, 0.3) is 11.1 Å². The number of methoxy groups -OCH3 is 2. The van der Waals surface area contributed by atoms with E-state index in [1.54, 1.807) is 50.0 Å². The summed E-state index contributed by atoms with van der Waals surface area (Å²) in [5.74, 6) is 2.09. The van der Waals surface area contributed by atoms with E-state index in [0.29, 0.717) is 35.1 Å². The highest BCUT2D eigenvalue weighted by atomic mass is 32.2. The lowest BCUT2D eigenvalue weighted by Gasteiger charge is -2.19. The van der Waals surface area contributed by atoms with Crippen LogP contribution in [0.1, 0.15) is 23.1 Å². The first-order valence-corrected chi connectivity index (χ1v) is 12.2. The molecule has 9 nitrogen and oxygen atoms in total. The Labute approximate surface area is 203 Å². The summed E-state index contributed by atoms with van der Waals surface area (Å²) in [5.41, 5.74) is 1.55. The molecule has 0 saturated carbocycles. The number of hydrogen-bond donors (Lipinski definition) is 0. The SMILES string of the molecule is COc1ccc(-c2nnc(SCC(=O)N3N=C(c4cccs4)C[C@H]3c3ccco3)o2)cc1OC. The van der Waals surface area contributed by atoms with Gasteiger partial charge in [-0.1, -0.05) is 17.8 Å². The van der Waals surface area contributed by atoms with E-state index in [1.165, 1.54) is 5.01 Å². The zero-order valence-corrected chi connectivity index (χ0v) is 20.0. The standard InChI is InChI=1S/C23H20N4O5S2/c1-29-18-8-7-14(11-19(18)30-2)22-24-25-23(32-22)34-13-21(28)27-16(17-5-3-9-31-17)12-15(26-27)20-6-4-10-33-20/h3-11,16H,12-13H2,1-2H3/t16-/m0/s1. The van der Waals surface area contributed by atoms with E-state index in [2.05, 4.69) is 15.3 Å². The molecule has 1 aliphatic heterocycles. The van der Waals surface area contributed by atoms with Gasteiger partial charge in [-0.3, -0.25) is 4.79 Å². The second kappa shape index (κ2) is 9.74. The summed E-state index contributed by atoms with van der Waals surface area (Å²) < 4.78 is 21.9. The minimum atomic E-state index is -0.287. The van der Waals surface area contributed by atoms with Crippen LogP contribution in [-0.4, -0.2) is 46.8 Å². The molecule has 1 aromatic carbocycles. The van der Waals surface area contributed by atoms with Gasteiger partial charge in [-0.2, -0.15) is 5.10 Å². The Bertz CT molecular complexity index is 1300. The fourth-order valence-corrected chi connectivity index (χ4v) is 4.91. The number of hydrazone groups is 1. The average Bonchev–Trinajstić information content (AvgIpc) is 3.68. The first-order chi connectivity index (χ1) is 16.7. The Morgan fingerprint density at radius 2 is 2.06 bits per heavy atom. The van der Waals surface area contributed by atoms with Crippen molar-refractivity contribution < 1.29 is 23.1 Å². The number of thiophene rings is 1. The molecule has 4 aromatic rings. The number of nitrogens with zero attached hydrogens (tertiary/aromatic N) is 4. The molecule has 0 fully saturated rings. The van der Waals surface area contributed by atoms with Gasteiger partial charge in [-0.15, -0.1) is 21.5 Å². The van der Waals surface area contributed by atoms with Gasteiger partial charge >= 0.3 is 0 Å². The van der Waals surface area contributed by atoms with Crippen molar-refractivity contribution in [3.8, 4) is 23.0 Å². The van der Waals surface area contributed by atoms with Crippen molar-refractivity contribution in [2.75, 3.05) is 20.0 Å². The van der Waals surface area contributed by atoms with Crippen molar-refractivity contribution >= 4 is 34.7 Å². The van der Waals surface area contributed by atoms with Crippen molar-refractivity contribution in [3.63, 3.8) is 0 Å². The molecule has 0 bridgehead atoms. The lowest BCUT2D eigenvalue weighted by Crippen LogP contribution is -2.28. The van der Waals surface area contributed by atoms with Gasteiger partial charge in [0.05, 0.1) is 36.8 Å². The molecule has 174 valence electrons. The molecule has 0 N–H and O–H groups in total. The first kappa shape index (κ1) is 22.2. The molecule has 1 atom stereocenters. The second-order valence-electron chi connectivity index (χ2n) is 7.23. The number of furan rings is 1. The lowest BCUT2D eigenvalue weighted by molar-refractivity contribution is -0.130. The number of rotatable bonds is 8. The van der Waals surface area contributed by atoms with E-state index in [-0.39, 0.29) is 22.9 Å². The third-order valence-electron chi connectivity index (χ3n) is 5.20. The molecule has 1 aliphatic rings. The Kier molecular flexibility index (Phi) is 6.37. The molecule has 0 unspecified atom stereocenters. The lowest BCUT2D eigenvalue weighted by atomic mass is 10.1. The van der Waals surface area contributed by atoms with Gasteiger partial charge in [0.15, 0.2) is 11.5 Å². The van der Waals surface area contributed by atoms with Crippen molar-refractivity contribution in [2.24, 2.45) is 5.10 Å². The van der Waals surface area contributed by atoms with E-state index >= 15 is 0 Å². The van der Waals surface area contributed by atoms with Crippen molar-refractivity contribution in [2.45, 2.75) is 17.7 Å². The van der Waals surface area contributed by atoms with E-state index in [4.69, 9.17) is 18.3 Å². The highest BCUT2D eigenvalue weighted by molar-refractivity contribution is 7.99. The van der Waals surface area contributed by atoms with Crippen LogP contribution in [0.4, 0.5) is 0 Å². The predicted molar refractivity (Wildman–Crippen MR) is 127 cm³/mol. The minimum Gasteiger partial charge on any atom is -0.493 e. The highest BCUT2D eigenvalue weighted by Gasteiger charge is 2.35. The van der Waals surface area contributed by atoms with Crippen molar-refractivity contribution in [3.05, 3.63) is 64.7 Å². The van der Waals surface area contributed by atoms with Gasteiger partial charge in [0.2, 0.25) is 5.89 Å². The van der Waals surface area contributed by atoms with Crippen LogP contribution in [0, 0.1) is 0 Å². The van der Waals surface area contributed by atoms with Crippen molar-refractivity contribution in [1.29, 1.82) is 0 Å². The maximum absolute atomic E-state index is 13.1. The molecular formula is C23H20N4O5S2. The van der Waals surface area contributed by atoms with Gasteiger partial charge in [0, 0.05) is 12.0 Å².